The summed E-state index contributed by atoms with van der Waals surface area (Å²) in [6.45, 7) is 8.54. The molecule has 5 heteroatoms. The van der Waals surface area contributed by atoms with Crippen LogP contribution in [0, 0.1) is 23.7 Å². The van der Waals surface area contributed by atoms with Crippen molar-refractivity contribution in [2.45, 2.75) is 509 Å². The summed E-state index contributed by atoms with van der Waals surface area (Å²) in [5.41, 5.74) is 0. The van der Waals surface area contributed by atoms with Crippen LogP contribution in [0.4, 0.5) is 0 Å². The molecule has 1 fully saturated rings. The van der Waals surface area contributed by atoms with Crippen LogP contribution in [0.5, 0.6) is 0 Å². The fourth-order valence-corrected chi connectivity index (χ4v) is 15.7. The first kappa shape index (κ1) is 88.9. The molecule has 5 nitrogen and oxygen atoms in total. The van der Waals surface area contributed by atoms with Gasteiger partial charge in [-0.05, 0) is 56.3 Å². The summed E-state index contributed by atoms with van der Waals surface area (Å²) < 4.78 is 17.0. The van der Waals surface area contributed by atoms with Crippen LogP contribution in [0.2, 0.25) is 0 Å². The lowest BCUT2D eigenvalue weighted by molar-refractivity contribution is -0.160. The first-order chi connectivity index (χ1) is 45.4. The Balaban J connectivity index is 1.85. The number of esters is 2. The van der Waals surface area contributed by atoms with Gasteiger partial charge < -0.3 is 14.2 Å². The van der Waals surface area contributed by atoms with Crippen LogP contribution in [-0.2, 0) is 23.8 Å². The van der Waals surface area contributed by atoms with E-state index in [9.17, 15) is 9.59 Å². The van der Waals surface area contributed by atoms with E-state index in [1.54, 1.807) is 6.42 Å². The molecule has 0 heterocycles. The second-order valence-corrected chi connectivity index (χ2v) is 31.1. The second kappa shape index (κ2) is 72.6. The lowest BCUT2D eigenvalue weighted by Crippen LogP contribution is -2.33. The van der Waals surface area contributed by atoms with E-state index >= 15 is 0 Å². The molecule has 1 saturated carbocycles. The topological polar surface area (TPSA) is 61.8 Å². The summed E-state index contributed by atoms with van der Waals surface area (Å²) >= 11 is 0. The average Bonchev–Trinajstić information content (AvgIpc) is 1.93. The number of ether oxygens (including phenoxy) is 3. The molecule has 0 aromatic rings. The number of hydrogen-bond donors (Lipinski definition) is 0. The molecule has 1 aliphatic rings. The molecule has 1 aliphatic carbocycles. The lowest BCUT2D eigenvalue weighted by atomic mass is 9.91. The number of unbranched alkanes of at least 4 members (excludes halogenated alkanes) is 62. The minimum Gasteiger partial charge on any atom is -0.469 e. The third-order valence-electron chi connectivity index (χ3n) is 22.3. The van der Waals surface area contributed by atoms with Crippen molar-refractivity contribution in [3.8, 4) is 0 Å². The largest absolute Gasteiger partial charge is 0.469 e. The van der Waals surface area contributed by atoms with Crippen LogP contribution in [0.1, 0.15) is 496 Å². The Morgan fingerprint density at radius 3 is 0.750 bits per heavy atom. The predicted molar refractivity (Wildman–Crippen MR) is 406 cm³/mol. The van der Waals surface area contributed by atoms with E-state index in [1.807, 2.05) is 7.11 Å². The van der Waals surface area contributed by atoms with Gasteiger partial charge in [-0.3, -0.25) is 9.59 Å². The maximum Gasteiger partial charge on any atom is 0.312 e. The number of methoxy groups -OCH3 is 2. The number of rotatable bonds is 79. The molecule has 0 radical (unpaired) electrons. The first-order valence-corrected chi connectivity index (χ1v) is 43.2. The quantitative estimate of drug-likeness (QED) is 0.0449. The molecule has 0 N–H and O–H groups in total. The van der Waals surface area contributed by atoms with Crippen LogP contribution < -0.4 is 0 Å². The molecular weight excluding hydrogens is 1120 g/mol. The van der Waals surface area contributed by atoms with E-state index in [-0.39, 0.29) is 24.0 Å². The van der Waals surface area contributed by atoms with Gasteiger partial charge in [-0.15, -0.1) is 0 Å². The van der Waals surface area contributed by atoms with E-state index in [0.717, 1.165) is 50.4 Å². The highest BCUT2D eigenvalue weighted by Crippen LogP contribution is 2.46. The van der Waals surface area contributed by atoms with Crippen molar-refractivity contribution in [1.82, 2.24) is 0 Å². The van der Waals surface area contributed by atoms with Crippen LogP contribution in [0.3, 0.4) is 0 Å². The van der Waals surface area contributed by atoms with E-state index in [0.29, 0.717) is 12.0 Å². The Labute approximate surface area is 579 Å². The molecule has 0 aromatic carbocycles. The Morgan fingerprint density at radius 2 is 0.511 bits per heavy atom. The van der Waals surface area contributed by atoms with Gasteiger partial charge in [-0.1, -0.05) is 451 Å². The van der Waals surface area contributed by atoms with Crippen molar-refractivity contribution >= 4 is 11.9 Å². The summed E-state index contributed by atoms with van der Waals surface area (Å²) in [5.74, 6) is 2.04. The standard InChI is InChI=1S/C87H170O5/c1-7-9-11-13-15-17-19-21-23-25-26-27-28-29-33-40-46-52-58-64-70-76-84(87(89)91-6)86(92-81(4)88)78-72-66-60-54-48-42-34-30-32-38-44-50-56-62-68-74-82-79-83(82)75-69-63-57-51-45-39-35-36-41-47-53-59-65-71-77-85(90-5)80(3)73-67-61-55-49-43-37-31-24-22-20-18-16-14-12-10-8-2/h80,82-86H,7-79H2,1-6H3/t80-,82-,83+,84-,85-,86-/m1/s1. The van der Waals surface area contributed by atoms with E-state index in [1.165, 1.54) is 438 Å². The molecule has 548 valence electrons. The molecule has 0 aliphatic heterocycles. The summed E-state index contributed by atoms with van der Waals surface area (Å²) in [5, 5.41) is 0. The zero-order valence-corrected chi connectivity index (χ0v) is 64.1. The maximum absolute atomic E-state index is 12.9. The van der Waals surface area contributed by atoms with Gasteiger partial charge in [0, 0.05) is 14.0 Å². The minimum atomic E-state index is -0.361. The summed E-state index contributed by atoms with van der Waals surface area (Å²) in [6.07, 6.45) is 101. The van der Waals surface area contributed by atoms with Crippen LogP contribution >= 0.6 is 0 Å². The maximum atomic E-state index is 12.9. The Bertz CT molecular complexity index is 1450. The van der Waals surface area contributed by atoms with Gasteiger partial charge in [-0.2, -0.15) is 0 Å². The normalized spacial score (nSPS) is 15.3. The van der Waals surface area contributed by atoms with Crippen molar-refractivity contribution < 1.29 is 23.8 Å². The van der Waals surface area contributed by atoms with Gasteiger partial charge in [0.25, 0.3) is 0 Å². The number of carbonyl (C=O) groups excluding carboxylic acids is 2. The molecule has 1 rings (SSSR count). The molecule has 0 unspecified atom stereocenters. The average molecular weight is 1300 g/mol. The van der Waals surface area contributed by atoms with Crippen LogP contribution in [0.25, 0.3) is 0 Å². The second-order valence-electron chi connectivity index (χ2n) is 31.1. The molecule has 0 saturated heterocycles. The van der Waals surface area contributed by atoms with E-state index in [2.05, 4.69) is 20.8 Å². The van der Waals surface area contributed by atoms with Crippen molar-refractivity contribution in [2.75, 3.05) is 14.2 Å². The highest BCUT2D eigenvalue weighted by molar-refractivity contribution is 5.74. The molecule has 92 heavy (non-hydrogen) atoms. The first-order valence-electron chi connectivity index (χ1n) is 43.2. The SMILES string of the molecule is CCCCCCCCCCCCCCCCCCCCCCC[C@@H](C(=O)OC)[C@@H](CCCCCCCCCCCCCCCCC[C@@H]1C[C@@H]1CCCCCCCCCCCCCCCC[C@@H](OC)[C@H](C)CCCCCCCCCCCCCCCCCC)OC(C)=O. The van der Waals surface area contributed by atoms with Gasteiger partial charge in [0.1, 0.15) is 6.10 Å². The zero-order valence-electron chi connectivity index (χ0n) is 64.1. The van der Waals surface area contributed by atoms with Gasteiger partial charge >= 0.3 is 11.9 Å². The summed E-state index contributed by atoms with van der Waals surface area (Å²) in [7, 11) is 3.44. The minimum absolute atomic E-state index is 0.211. The Morgan fingerprint density at radius 1 is 0.293 bits per heavy atom. The van der Waals surface area contributed by atoms with E-state index < -0.39 is 0 Å². The lowest BCUT2D eigenvalue weighted by Gasteiger charge is -2.25. The fraction of sp³-hybridized carbons (Fsp3) is 0.977. The monoisotopic (exact) mass is 1300 g/mol. The van der Waals surface area contributed by atoms with Crippen molar-refractivity contribution in [2.24, 2.45) is 23.7 Å². The highest BCUT2D eigenvalue weighted by atomic mass is 16.6. The van der Waals surface area contributed by atoms with Crippen LogP contribution in [0.15, 0.2) is 0 Å². The van der Waals surface area contributed by atoms with Gasteiger partial charge in [0.2, 0.25) is 0 Å². The van der Waals surface area contributed by atoms with Gasteiger partial charge in [-0.25, -0.2) is 0 Å². The molecule has 6 atom stereocenters. The van der Waals surface area contributed by atoms with Gasteiger partial charge in [0.05, 0.1) is 19.1 Å². The molecular formula is C87H170O5. The number of carbonyl (C=O) groups is 2. The Kier molecular flexibility index (Phi) is 70.2. The third-order valence-corrected chi connectivity index (χ3v) is 22.3. The molecule has 0 bridgehead atoms. The smallest absolute Gasteiger partial charge is 0.312 e. The van der Waals surface area contributed by atoms with Crippen molar-refractivity contribution in [3.05, 3.63) is 0 Å². The molecule has 0 amide bonds. The highest BCUT2D eigenvalue weighted by Gasteiger charge is 2.35. The zero-order chi connectivity index (χ0) is 66.4. The van der Waals surface area contributed by atoms with E-state index in [4.69, 9.17) is 14.2 Å². The fourth-order valence-electron chi connectivity index (χ4n) is 15.7. The third kappa shape index (κ3) is 62.4. The van der Waals surface area contributed by atoms with Crippen molar-refractivity contribution in [1.29, 1.82) is 0 Å². The van der Waals surface area contributed by atoms with Crippen LogP contribution in [-0.4, -0.2) is 38.4 Å². The van der Waals surface area contributed by atoms with Crippen molar-refractivity contribution in [3.63, 3.8) is 0 Å². The number of hydrogen-bond acceptors (Lipinski definition) is 5. The summed E-state index contributed by atoms with van der Waals surface area (Å²) in [4.78, 5) is 25.0. The Hall–Kier alpha value is -1.10. The predicted octanol–water partition coefficient (Wildman–Crippen LogP) is 30.1. The van der Waals surface area contributed by atoms with Gasteiger partial charge in [0.15, 0.2) is 0 Å². The molecule has 0 aromatic heterocycles. The summed E-state index contributed by atoms with van der Waals surface area (Å²) in [6, 6.07) is 0. The molecule has 0 spiro atoms.